The molecule has 1 aliphatic heterocycles. The minimum absolute atomic E-state index is 0.184. The van der Waals surface area contributed by atoms with Crippen LogP contribution in [0.5, 0.6) is 0 Å². The molecule has 1 N–H and O–H groups in total. The van der Waals surface area contributed by atoms with Crippen molar-refractivity contribution in [1.82, 2.24) is 4.90 Å². The molecule has 0 bridgehead atoms. The molecule has 2 unspecified atom stereocenters. The maximum absolute atomic E-state index is 11.6. The van der Waals surface area contributed by atoms with E-state index in [1.807, 2.05) is 36.4 Å². The third-order valence-corrected chi connectivity index (χ3v) is 4.42. The molecule has 3 heteroatoms. The molecule has 0 spiro atoms. The van der Waals surface area contributed by atoms with Gasteiger partial charge in [0.25, 0.3) is 0 Å². The van der Waals surface area contributed by atoms with Crippen LogP contribution >= 0.6 is 0 Å². The number of carboxylic acid groups (broad SMARTS) is 1. The molecule has 22 heavy (non-hydrogen) atoms. The number of hydrogen-bond donors (Lipinski definition) is 1. The van der Waals surface area contributed by atoms with Gasteiger partial charge in [-0.1, -0.05) is 60.7 Å². The van der Waals surface area contributed by atoms with Crippen LogP contribution in [0.25, 0.3) is 0 Å². The molecule has 0 amide bonds. The van der Waals surface area contributed by atoms with Gasteiger partial charge in [0.05, 0.1) is 5.92 Å². The second-order valence-corrected chi connectivity index (χ2v) is 6.07. The fourth-order valence-electron chi connectivity index (χ4n) is 3.33. The summed E-state index contributed by atoms with van der Waals surface area (Å²) in [5.74, 6) is -0.760. The van der Waals surface area contributed by atoms with Gasteiger partial charge < -0.3 is 5.11 Å². The Morgan fingerprint density at radius 3 is 2.14 bits per heavy atom. The maximum atomic E-state index is 11.6. The monoisotopic (exact) mass is 295 g/mol. The van der Waals surface area contributed by atoms with Crippen LogP contribution in [0.3, 0.4) is 0 Å². The van der Waals surface area contributed by atoms with E-state index in [1.54, 1.807) is 0 Å². The van der Waals surface area contributed by atoms with Crippen molar-refractivity contribution in [2.75, 3.05) is 13.1 Å². The summed E-state index contributed by atoms with van der Waals surface area (Å²) in [4.78, 5) is 13.8. The number of carboxylic acids is 1. The lowest BCUT2D eigenvalue weighted by Gasteiger charge is -2.16. The van der Waals surface area contributed by atoms with Gasteiger partial charge in [-0.05, 0) is 23.5 Å². The number of hydrogen-bond acceptors (Lipinski definition) is 2. The number of carbonyl (C=O) groups is 1. The lowest BCUT2D eigenvalue weighted by molar-refractivity contribution is -0.142. The summed E-state index contributed by atoms with van der Waals surface area (Å²) in [6, 6.07) is 20.4. The van der Waals surface area contributed by atoms with E-state index in [0.717, 1.165) is 19.5 Å². The van der Waals surface area contributed by atoms with Crippen LogP contribution in [0.1, 0.15) is 11.1 Å². The van der Waals surface area contributed by atoms with Gasteiger partial charge in [-0.2, -0.15) is 0 Å². The first-order valence-corrected chi connectivity index (χ1v) is 7.75. The summed E-state index contributed by atoms with van der Waals surface area (Å²) in [6.07, 6.45) is 0.836. The number of rotatable bonds is 5. The molecule has 0 saturated carbocycles. The lowest BCUT2D eigenvalue weighted by atomic mass is 9.90. The van der Waals surface area contributed by atoms with Crippen molar-refractivity contribution in [3.63, 3.8) is 0 Å². The topological polar surface area (TPSA) is 40.5 Å². The highest BCUT2D eigenvalue weighted by atomic mass is 16.4. The summed E-state index contributed by atoms with van der Waals surface area (Å²) in [7, 11) is 0. The molecule has 1 fully saturated rings. The van der Waals surface area contributed by atoms with E-state index in [2.05, 4.69) is 29.2 Å². The average molecular weight is 295 g/mol. The second kappa shape index (κ2) is 6.75. The van der Waals surface area contributed by atoms with E-state index in [1.165, 1.54) is 11.1 Å². The first-order chi connectivity index (χ1) is 10.7. The summed E-state index contributed by atoms with van der Waals surface area (Å²) in [5.41, 5.74) is 2.47. The fraction of sp³-hybridized carbons (Fsp3) is 0.316. The van der Waals surface area contributed by atoms with E-state index in [9.17, 15) is 9.90 Å². The Hall–Kier alpha value is -2.13. The first-order valence-electron chi connectivity index (χ1n) is 7.75. The van der Waals surface area contributed by atoms with Gasteiger partial charge >= 0.3 is 5.97 Å². The van der Waals surface area contributed by atoms with E-state index < -0.39 is 5.97 Å². The Morgan fingerprint density at radius 1 is 0.955 bits per heavy atom. The van der Waals surface area contributed by atoms with E-state index >= 15 is 0 Å². The number of aliphatic carboxylic acids is 1. The smallest absolute Gasteiger partial charge is 0.308 e. The lowest BCUT2D eigenvalue weighted by Crippen LogP contribution is -2.24. The summed E-state index contributed by atoms with van der Waals surface area (Å²) in [6.45, 7) is 2.32. The molecule has 0 aromatic heterocycles. The molecule has 3 nitrogen and oxygen atoms in total. The minimum atomic E-state index is -0.670. The molecule has 2 aromatic rings. The van der Waals surface area contributed by atoms with Crippen LogP contribution in [0, 0.1) is 11.8 Å². The van der Waals surface area contributed by atoms with Gasteiger partial charge in [-0.15, -0.1) is 0 Å². The Morgan fingerprint density at radius 2 is 1.55 bits per heavy atom. The molecular formula is C19H21NO2. The Balaban J connectivity index is 1.68. The molecule has 1 heterocycles. The molecule has 1 aliphatic rings. The predicted molar refractivity (Wildman–Crippen MR) is 86.5 cm³/mol. The van der Waals surface area contributed by atoms with Crippen molar-refractivity contribution in [2.24, 2.45) is 11.8 Å². The van der Waals surface area contributed by atoms with Crippen molar-refractivity contribution >= 4 is 5.97 Å². The van der Waals surface area contributed by atoms with Crippen LogP contribution in [0.15, 0.2) is 60.7 Å². The normalized spacial score (nSPS) is 21.8. The predicted octanol–water partition coefficient (Wildman–Crippen LogP) is 3.06. The van der Waals surface area contributed by atoms with Crippen molar-refractivity contribution < 1.29 is 9.90 Å². The average Bonchev–Trinajstić information content (AvgIpc) is 2.92. The van der Waals surface area contributed by atoms with Crippen LogP contribution in [-0.4, -0.2) is 29.1 Å². The molecule has 2 atom stereocenters. The largest absolute Gasteiger partial charge is 0.481 e. The van der Waals surface area contributed by atoms with Gasteiger partial charge in [0, 0.05) is 19.6 Å². The zero-order valence-electron chi connectivity index (χ0n) is 12.6. The molecule has 1 saturated heterocycles. The van der Waals surface area contributed by atoms with Gasteiger partial charge in [-0.3, -0.25) is 9.69 Å². The van der Waals surface area contributed by atoms with Crippen molar-refractivity contribution in [1.29, 1.82) is 0 Å². The van der Waals surface area contributed by atoms with E-state index in [4.69, 9.17) is 0 Å². The third kappa shape index (κ3) is 3.55. The highest BCUT2D eigenvalue weighted by molar-refractivity contribution is 5.71. The van der Waals surface area contributed by atoms with Crippen molar-refractivity contribution in [3.8, 4) is 0 Å². The highest BCUT2D eigenvalue weighted by Gasteiger charge is 2.37. The SMILES string of the molecule is O=C(O)C1CN(Cc2ccccc2)CC1Cc1ccccc1. The molecule has 3 rings (SSSR count). The molecule has 0 radical (unpaired) electrons. The van der Waals surface area contributed by atoms with Gasteiger partial charge in [0.1, 0.15) is 0 Å². The van der Waals surface area contributed by atoms with Crippen LogP contribution in [-0.2, 0) is 17.8 Å². The van der Waals surface area contributed by atoms with Crippen LogP contribution in [0.4, 0.5) is 0 Å². The Labute approximate surface area is 131 Å². The zero-order chi connectivity index (χ0) is 15.4. The molecular weight excluding hydrogens is 274 g/mol. The minimum Gasteiger partial charge on any atom is -0.481 e. The third-order valence-electron chi connectivity index (χ3n) is 4.42. The quantitative estimate of drug-likeness (QED) is 0.921. The Kier molecular flexibility index (Phi) is 4.54. The van der Waals surface area contributed by atoms with Crippen molar-refractivity contribution in [2.45, 2.75) is 13.0 Å². The van der Waals surface area contributed by atoms with E-state index in [0.29, 0.717) is 6.54 Å². The first kappa shape index (κ1) is 14.8. The summed E-state index contributed by atoms with van der Waals surface area (Å²) in [5, 5.41) is 9.52. The molecule has 2 aromatic carbocycles. The van der Waals surface area contributed by atoms with Crippen LogP contribution in [0.2, 0.25) is 0 Å². The molecule has 0 aliphatic carbocycles. The van der Waals surface area contributed by atoms with Gasteiger partial charge in [-0.25, -0.2) is 0 Å². The van der Waals surface area contributed by atoms with E-state index in [-0.39, 0.29) is 11.8 Å². The van der Waals surface area contributed by atoms with Gasteiger partial charge in [0.15, 0.2) is 0 Å². The fourth-order valence-corrected chi connectivity index (χ4v) is 3.33. The number of likely N-dealkylation sites (tertiary alicyclic amines) is 1. The summed E-state index contributed by atoms with van der Waals surface area (Å²) >= 11 is 0. The van der Waals surface area contributed by atoms with Gasteiger partial charge in [0.2, 0.25) is 0 Å². The Bertz CT molecular complexity index is 612. The molecule has 114 valence electrons. The second-order valence-electron chi connectivity index (χ2n) is 6.07. The summed E-state index contributed by atoms with van der Waals surface area (Å²) < 4.78 is 0. The number of nitrogens with zero attached hydrogens (tertiary/aromatic N) is 1. The standard InChI is InChI=1S/C19H21NO2/c21-19(22)18-14-20(12-16-9-5-2-6-10-16)13-17(18)11-15-7-3-1-4-8-15/h1-10,17-18H,11-14H2,(H,21,22). The number of benzene rings is 2. The zero-order valence-corrected chi connectivity index (χ0v) is 12.6. The van der Waals surface area contributed by atoms with Crippen molar-refractivity contribution in [3.05, 3.63) is 71.8 Å². The maximum Gasteiger partial charge on any atom is 0.308 e. The van der Waals surface area contributed by atoms with Crippen LogP contribution < -0.4 is 0 Å². The highest BCUT2D eigenvalue weighted by Crippen LogP contribution is 2.28.